The van der Waals surface area contributed by atoms with Gasteiger partial charge in [-0.25, -0.2) is 9.97 Å². The van der Waals surface area contributed by atoms with Crippen LogP contribution in [0.2, 0.25) is 0 Å². The van der Waals surface area contributed by atoms with Gasteiger partial charge in [0.25, 0.3) is 0 Å². The fourth-order valence-corrected chi connectivity index (χ4v) is 3.20. The lowest BCUT2D eigenvalue weighted by molar-refractivity contribution is -0.120. The number of carbonyl (C=O) groups is 1. The van der Waals surface area contributed by atoms with Gasteiger partial charge in [0, 0.05) is 11.9 Å². The van der Waals surface area contributed by atoms with Crippen LogP contribution in [0, 0.1) is 0 Å². The monoisotopic (exact) mass is 281 g/mol. The second-order valence-corrected chi connectivity index (χ2v) is 6.09. The van der Waals surface area contributed by atoms with E-state index in [1.165, 1.54) is 11.8 Å². The van der Waals surface area contributed by atoms with E-state index in [4.69, 9.17) is 0 Å². The molecule has 0 radical (unpaired) electrons. The van der Waals surface area contributed by atoms with E-state index in [0.29, 0.717) is 0 Å². The SMILES string of the molecule is CCCNC(=O)C(C)Sc1ncnc2sccc12. The second kappa shape index (κ2) is 6.15. The summed E-state index contributed by atoms with van der Waals surface area (Å²) < 4.78 is 0. The first-order chi connectivity index (χ1) is 8.72. The third-order valence-corrected chi connectivity index (χ3v) is 4.37. The number of nitrogens with one attached hydrogen (secondary N) is 1. The van der Waals surface area contributed by atoms with Crippen LogP contribution in [0.25, 0.3) is 10.2 Å². The Kier molecular flexibility index (Phi) is 4.54. The minimum atomic E-state index is -0.144. The number of fused-ring (bicyclic) bond motifs is 1. The van der Waals surface area contributed by atoms with Gasteiger partial charge in [0.15, 0.2) is 0 Å². The van der Waals surface area contributed by atoms with Crippen LogP contribution in [0.1, 0.15) is 20.3 Å². The molecule has 1 N–H and O–H groups in total. The molecule has 0 fully saturated rings. The summed E-state index contributed by atoms with van der Waals surface area (Å²) in [5.41, 5.74) is 0. The summed E-state index contributed by atoms with van der Waals surface area (Å²) in [4.78, 5) is 21.2. The first kappa shape index (κ1) is 13.3. The van der Waals surface area contributed by atoms with Gasteiger partial charge in [-0.1, -0.05) is 18.7 Å². The normalized spacial score (nSPS) is 12.6. The first-order valence-corrected chi connectivity index (χ1v) is 7.61. The van der Waals surface area contributed by atoms with Crippen LogP contribution in [-0.4, -0.2) is 27.7 Å². The van der Waals surface area contributed by atoms with Crippen LogP contribution in [0.3, 0.4) is 0 Å². The van der Waals surface area contributed by atoms with E-state index in [9.17, 15) is 4.79 Å². The molecule has 96 valence electrons. The zero-order chi connectivity index (χ0) is 13.0. The highest BCUT2D eigenvalue weighted by Gasteiger charge is 2.16. The molecule has 0 aliphatic carbocycles. The highest BCUT2D eigenvalue weighted by Crippen LogP contribution is 2.30. The Morgan fingerprint density at radius 1 is 1.56 bits per heavy atom. The molecule has 0 saturated heterocycles. The highest BCUT2D eigenvalue weighted by atomic mass is 32.2. The summed E-state index contributed by atoms with van der Waals surface area (Å²) in [6.45, 7) is 4.66. The van der Waals surface area contributed by atoms with Crippen molar-refractivity contribution < 1.29 is 4.79 Å². The fourth-order valence-electron chi connectivity index (χ4n) is 1.47. The van der Waals surface area contributed by atoms with Crippen molar-refractivity contribution in [1.82, 2.24) is 15.3 Å². The molecule has 0 spiro atoms. The number of amides is 1. The number of rotatable bonds is 5. The lowest BCUT2D eigenvalue weighted by Gasteiger charge is -2.11. The number of carbonyl (C=O) groups excluding carboxylic acids is 1. The van der Waals surface area contributed by atoms with Gasteiger partial charge in [-0.15, -0.1) is 11.3 Å². The summed E-state index contributed by atoms with van der Waals surface area (Å²) in [6, 6.07) is 2.00. The van der Waals surface area contributed by atoms with Crippen LogP contribution in [0.15, 0.2) is 22.8 Å². The minimum absolute atomic E-state index is 0.0591. The van der Waals surface area contributed by atoms with Gasteiger partial charge in [-0.2, -0.15) is 0 Å². The number of thiophene rings is 1. The molecule has 1 unspecified atom stereocenters. The lowest BCUT2D eigenvalue weighted by atomic mass is 10.4. The maximum Gasteiger partial charge on any atom is 0.233 e. The molecule has 2 heterocycles. The topological polar surface area (TPSA) is 54.9 Å². The Bertz CT molecular complexity index is 541. The predicted molar refractivity (Wildman–Crippen MR) is 76.0 cm³/mol. The summed E-state index contributed by atoms with van der Waals surface area (Å²) in [5.74, 6) is 0.0591. The van der Waals surface area contributed by atoms with E-state index in [2.05, 4.69) is 15.3 Å². The average molecular weight is 281 g/mol. The van der Waals surface area contributed by atoms with E-state index in [1.54, 1.807) is 17.7 Å². The lowest BCUT2D eigenvalue weighted by Crippen LogP contribution is -2.31. The molecule has 0 aromatic carbocycles. The molecule has 0 aliphatic rings. The summed E-state index contributed by atoms with van der Waals surface area (Å²) >= 11 is 3.07. The van der Waals surface area contributed by atoms with Crippen molar-refractivity contribution in [2.45, 2.75) is 30.5 Å². The van der Waals surface area contributed by atoms with E-state index >= 15 is 0 Å². The summed E-state index contributed by atoms with van der Waals surface area (Å²) in [7, 11) is 0. The smallest absolute Gasteiger partial charge is 0.233 e. The van der Waals surface area contributed by atoms with E-state index in [-0.39, 0.29) is 11.2 Å². The number of thioether (sulfide) groups is 1. The maximum atomic E-state index is 11.8. The Labute approximate surface area is 114 Å². The number of hydrogen-bond acceptors (Lipinski definition) is 5. The van der Waals surface area contributed by atoms with Crippen molar-refractivity contribution in [3.05, 3.63) is 17.8 Å². The molecular weight excluding hydrogens is 266 g/mol. The first-order valence-electron chi connectivity index (χ1n) is 5.85. The van der Waals surface area contributed by atoms with Gasteiger partial charge in [0.05, 0.1) is 5.25 Å². The largest absolute Gasteiger partial charge is 0.355 e. The van der Waals surface area contributed by atoms with Crippen LogP contribution in [-0.2, 0) is 4.79 Å². The van der Waals surface area contributed by atoms with E-state index < -0.39 is 0 Å². The molecule has 6 heteroatoms. The predicted octanol–water partition coefficient (Wildman–Crippen LogP) is 2.70. The van der Waals surface area contributed by atoms with Crippen molar-refractivity contribution in [3.8, 4) is 0 Å². The fraction of sp³-hybridized carbons (Fsp3) is 0.417. The number of aromatic nitrogens is 2. The molecule has 1 atom stereocenters. The zero-order valence-electron chi connectivity index (χ0n) is 10.3. The molecule has 2 rings (SSSR count). The Balaban J connectivity index is 2.09. The van der Waals surface area contributed by atoms with E-state index in [1.807, 2.05) is 25.3 Å². The van der Waals surface area contributed by atoms with E-state index in [0.717, 1.165) is 28.2 Å². The van der Waals surface area contributed by atoms with Crippen LogP contribution < -0.4 is 5.32 Å². The van der Waals surface area contributed by atoms with Crippen LogP contribution in [0.5, 0.6) is 0 Å². The van der Waals surface area contributed by atoms with Crippen LogP contribution in [0.4, 0.5) is 0 Å². The quantitative estimate of drug-likeness (QED) is 0.676. The standard InChI is InChI=1S/C12H15N3OS2/c1-3-5-13-10(16)8(2)18-12-9-4-6-17-11(9)14-7-15-12/h4,6-8H,3,5H2,1-2H3,(H,13,16). The van der Waals surface area contributed by atoms with Crippen molar-refractivity contribution in [2.75, 3.05) is 6.54 Å². The van der Waals surface area contributed by atoms with Gasteiger partial charge >= 0.3 is 0 Å². The Hall–Kier alpha value is -1.14. The molecule has 0 saturated carbocycles. The molecule has 4 nitrogen and oxygen atoms in total. The molecule has 2 aromatic heterocycles. The molecule has 0 bridgehead atoms. The van der Waals surface area contributed by atoms with Crippen molar-refractivity contribution in [1.29, 1.82) is 0 Å². The van der Waals surface area contributed by atoms with Gasteiger partial charge in [-0.05, 0) is 24.8 Å². The molecular formula is C12H15N3OS2. The van der Waals surface area contributed by atoms with Crippen molar-refractivity contribution in [3.63, 3.8) is 0 Å². The highest BCUT2D eigenvalue weighted by molar-refractivity contribution is 8.00. The minimum Gasteiger partial charge on any atom is -0.355 e. The average Bonchev–Trinajstić information content (AvgIpc) is 2.85. The van der Waals surface area contributed by atoms with Crippen molar-refractivity contribution >= 4 is 39.2 Å². The second-order valence-electron chi connectivity index (χ2n) is 3.87. The van der Waals surface area contributed by atoms with Gasteiger partial charge in [0.2, 0.25) is 5.91 Å². The summed E-state index contributed by atoms with van der Waals surface area (Å²) in [5, 5.41) is 6.65. The molecule has 1 amide bonds. The van der Waals surface area contributed by atoms with Gasteiger partial charge in [0.1, 0.15) is 16.2 Å². The zero-order valence-corrected chi connectivity index (χ0v) is 12.0. The Morgan fingerprint density at radius 2 is 2.39 bits per heavy atom. The molecule has 18 heavy (non-hydrogen) atoms. The third-order valence-electron chi connectivity index (χ3n) is 2.43. The number of nitrogens with zero attached hydrogens (tertiary/aromatic N) is 2. The van der Waals surface area contributed by atoms with Crippen molar-refractivity contribution in [2.24, 2.45) is 0 Å². The van der Waals surface area contributed by atoms with Crippen LogP contribution >= 0.6 is 23.1 Å². The Morgan fingerprint density at radius 3 is 3.17 bits per heavy atom. The third kappa shape index (κ3) is 3.00. The number of hydrogen-bond donors (Lipinski definition) is 1. The summed E-state index contributed by atoms with van der Waals surface area (Å²) in [6.07, 6.45) is 2.50. The maximum absolute atomic E-state index is 11.8. The van der Waals surface area contributed by atoms with Gasteiger partial charge in [-0.3, -0.25) is 4.79 Å². The molecule has 0 aliphatic heterocycles. The van der Waals surface area contributed by atoms with Gasteiger partial charge < -0.3 is 5.32 Å². The molecule has 2 aromatic rings.